The molecular weight excluding hydrogens is 500 g/mol. The first-order valence-electron chi connectivity index (χ1n) is 15.6. The van der Waals surface area contributed by atoms with Crippen LogP contribution in [0.25, 0.3) is 0 Å². The number of aromatic hydroxyl groups is 1. The number of carbonyl (C=O) groups excluding carboxylic acids is 2. The topological polar surface area (TPSA) is 72.8 Å². The van der Waals surface area contributed by atoms with E-state index in [0.29, 0.717) is 36.0 Å². The second-order valence-electron chi connectivity index (χ2n) is 11.3. The Morgan fingerprint density at radius 1 is 0.850 bits per heavy atom. The number of esters is 1. The van der Waals surface area contributed by atoms with Crippen LogP contribution in [0.5, 0.6) is 11.5 Å². The van der Waals surface area contributed by atoms with E-state index < -0.39 is 0 Å². The Balaban J connectivity index is 2.44. The number of rotatable bonds is 23. The maximum absolute atomic E-state index is 12.3. The highest BCUT2D eigenvalue weighted by atomic mass is 16.5. The lowest BCUT2D eigenvalue weighted by molar-refractivity contribution is -0.145. The molecule has 0 aliphatic rings. The van der Waals surface area contributed by atoms with Gasteiger partial charge in [0.25, 0.3) is 0 Å². The van der Waals surface area contributed by atoms with E-state index in [2.05, 4.69) is 39.8 Å². The average molecular weight is 557 g/mol. The highest BCUT2D eigenvalue weighted by Crippen LogP contribution is 2.35. The van der Waals surface area contributed by atoms with Crippen LogP contribution >= 0.6 is 0 Å². The maximum Gasteiger partial charge on any atom is 0.306 e. The van der Waals surface area contributed by atoms with Crippen LogP contribution in [-0.2, 0) is 22.6 Å². The summed E-state index contributed by atoms with van der Waals surface area (Å²) in [5, 5.41) is 10.9. The minimum Gasteiger partial charge on any atom is -0.507 e. The molecule has 0 heterocycles. The van der Waals surface area contributed by atoms with Gasteiger partial charge >= 0.3 is 5.97 Å². The van der Waals surface area contributed by atoms with E-state index in [4.69, 9.17) is 9.47 Å². The predicted molar refractivity (Wildman–Crippen MR) is 166 cm³/mol. The molecule has 1 aromatic carbocycles. The van der Waals surface area contributed by atoms with Gasteiger partial charge in [-0.2, -0.15) is 0 Å². The van der Waals surface area contributed by atoms with Crippen LogP contribution in [0.15, 0.2) is 29.4 Å². The first-order valence-corrected chi connectivity index (χ1v) is 15.6. The number of ether oxygens (including phenoxy) is 2. The van der Waals surface area contributed by atoms with Gasteiger partial charge in [-0.3, -0.25) is 9.59 Å². The highest BCUT2D eigenvalue weighted by molar-refractivity contribution is 5.83. The molecule has 0 saturated heterocycles. The van der Waals surface area contributed by atoms with Crippen molar-refractivity contribution in [3.05, 3.63) is 46.1 Å². The molecule has 0 radical (unpaired) electrons. The fourth-order valence-electron chi connectivity index (χ4n) is 4.87. The molecule has 0 fully saturated rings. The molecule has 0 aromatic heterocycles. The van der Waals surface area contributed by atoms with Gasteiger partial charge in [-0.25, -0.2) is 0 Å². The van der Waals surface area contributed by atoms with Crippen molar-refractivity contribution in [1.82, 2.24) is 0 Å². The summed E-state index contributed by atoms with van der Waals surface area (Å²) in [5.74, 6) is 0.0987. The van der Waals surface area contributed by atoms with Gasteiger partial charge in [-0.05, 0) is 52.5 Å². The molecule has 0 spiro atoms. The lowest BCUT2D eigenvalue weighted by atomic mass is 9.98. The molecule has 40 heavy (non-hydrogen) atoms. The van der Waals surface area contributed by atoms with Crippen molar-refractivity contribution in [2.75, 3.05) is 7.11 Å². The van der Waals surface area contributed by atoms with Crippen LogP contribution in [0, 0.1) is 0 Å². The van der Waals surface area contributed by atoms with E-state index in [1.807, 2.05) is 0 Å². The summed E-state index contributed by atoms with van der Waals surface area (Å²) in [5.41, 5.74) is 3.67. The van der Waals surface area contributed by atoms with Crippen LogP contribution in [0.1, 0.15) is 152 Å². The standard InChI is InChI=1S/C35H56O5/c1-6-7-8-9-10-11-12-13-14-15-16-17-18-22-34(37)40-27-30-25-33(39-5)31(35(38)32(30)26-36)24-23-29(4)21-19-20-28(2)3/h20,23,25-26,38H,6-19,21-22,24,27H2,1-5H3. The maximum atomic E-state index is 12.3. The number of allylic oxidation sites excluding steroid dienone is 4. The molecule has 0 unspecified atom stereocenters. The molecule has 0 bridgehead atoms. The third-order valence-corrected chi connectivity index (χ3v) is 7.45. The largest absolute Gasteiger partial charge is 0.507 e. The number of hydrogen-bond donors (Lipinski definition) is 1. The molecule has 0 aliphatic heterocycles. The molecule has 0 amide bonds. The van der Waals surface area contributed by atoms with Crippen molar-refractivity contribution in [3.63, 3.8) is 0 Å². The van der Waals surface area contributed by atoms with Gasteiger partial charge in [-0.15, -0.1) is 0 Å². The monoisotopic (exact) mass is 556 g/mol. The van der Waals surface area contributed by atoms with E-state index in [-0.39, 0.29) is 23.9 Å². The molecule has 0 aliphatic carbocycles. The van der Waals surface area contributed by atoms with Gasteiger partial charge in [-0.1, -0.05) is 107 Å². The average Bonchev–Trinajstić information content (AvgIpc) is 2.93. The first kappa shape index (κ1) is 35.5. The van der Waals surface area contributed by atoms with Crippen molar-refractivity contribution in [2.24, 2.45) is 0 Å². The van der Waals surface area contributed by atoms with Crippen molar-refractivity contribution >= 4 is 12.3 Å². The zero-order chi connectivity index (χ0) is 29.6. The molecule has 5 heteroatoms. The third-order valence-electron chi connectivity index (χ3n) is 7.45. The first-order chi connectivity index (χ1) is 19.3. The zero-order valence-electron chi connectivity index (χ0n) is 26.1. The molecule has 5 nitrogen and oxygen atoms in total. The molecular formula is C35H56O5. The van der Waals surface area contributed by atoms with Crippen LogP contribution in [0.3, 0.4) is 0 Å². The normalized spacial score (nSPS) is 11.4. The molecule has 226 valence electrons. The SMILES string of the molecule is CCCCCCCCCCCCCCCC(=O)OCc1cc(OC)c(CC=C(C)CCC=C(C)C)c(O)c1C=O. The Hall–Kier alpha value is -2.56. The van der Waals surface area contributed by atoms with Crippen LogP contribution in [0.4, 0.5) is 0 Å². The number of phenolic OH excluding ortho intramolecular Hbond substituents is 1. The minimum atomic E-state index is -0.280. The Labute approximate surface area is 244 Å². The van der Waals surface area contributed by atoms with E-state index >= 15 is 0 Å². The number of carbonyl (C=O) groups is 2. The van der Waals surface area contributed by atoms with Gasteiger partial charge in [0.15, 0.2) is 6.29 Å². The third kappa shape index (κ3) is 15.3. The van der Waals surface area contributed by atoms with E-state index in [0.717, 1.165) is 32.1 Å². The van der Waals surface area contributed by atoms with Crippen molar-refractivity contribution in [1.29, 1.82) is 0 Å². The zero-order valence-corrected chi connectivity index (χ0v) is 26.1. The predicted octanol–water partition coefficient (Wildman–Crippen LogP) is 9.97. The number of methoxy groups -OCH3 is 1. The lowest BCUT2D eigenvalue weighted by Crippen LogP contribution is -2.07. The van der Waals surface area contributed by atoms with Crippen LogP contribution in [-0.4, -0.2) is 24.5 Å². The summed E-state index contributed by atoms with van der Waals surface area (Å²) in [6.07, 6.45) is 23.9. The molecule has 1 rings (SSSR count). The summed E-state index contributed by atoms with van der Waals surface area (Å²) in [4.78, 5) is 24.1. The lowest BCUT2D eigenvalue weighted by Gasteiger charge is -2.15. The Bertz CT molecular complexity index is 924. The Kier molecular flexibility index (Phi) is 19.7. The second-order valence-corrected chi connectivity index (χ2v) is 11.3. The molecule has 0 atom stereocenters. The summed E-state index contributed by atoms with van der Waals surface area (Å²) in [7, 11) is 1.54. The summed E-state index contributed by atoms with van der Waals surface area (Å²) < 4.78 is 11.0. The van der Waals surface area contributed by atoms with Crippen LogP contribution < -0.4 is 4.74 Å². The number of aldehydes is 1. The van der Waals surface area contributed by atoms with E-state index in [9.17, 15) is 14.7 Å². The number of benzene rings is 1. The van der Waals surface area contributed by atoms with Gasteiger partial charge in [0.05, 0.1) is 12.7 Å². The Morgan fingerprint density at radius 3 is 1.95 bits per heavy atom. The quantitative estimate of drug-likeness (QED) is 0.0628. The second kappa shape index (κ2) is 22.2. The summed E-state index contributed by atoms with van der Waals surface area (Å²) in [6.45, 7) is 8.43. The number of hydrogen-bond acceptors (Lipinski definition) is 5. The smallest absolute Gasteiger partial charge is 0.306 e. The summed E-state index contributed by atoms with van der Waals surface area (Å²) in [6, 6.07) is 1.70. The van der Waals surface area contributed by atoms with Gasteiger partial charge in [0.2, 0.25) is 0 Å². The van der Waals surface area contributed by atoms with Crippen LogP contribution in [0.2, 0.25) is 0 Å². The van der Waals surface area contributed by atoms with E-state index in [1.165, 1.54) is 82.5 Å². The van der Waals surface area contributed by atoms with Crippen molar-refractivity contribution in [2.45, 2.75) is 143 Å². The number of phenols is 1. The molecule has 1 N–H and O–H groups in total. The highest BCUT2D eigenvalue weighted by Gasteiger charge is 2.18. The minimum absolute atomic E-state index is 0.0624. The van der Waals surface area contributed by atoms with Gasteiger partial charge < -0.3 is 14.6 Å². The fourth-order valence-corrected chi connectivity index (χ4v) is 4.87. The molecule has 0 saturated carbocycles. The van der Waals surface area contributed by atoms with Crippen molar-refractivity contribution in [3.8, 4) is 11.5 Å². The van der Waals surface area contributed by atoms with E-state index in [1.54, 1.807) is 6.07 Å². The van der Waals surface area contributed by atoms with Gasteiger partial charge in [0.1, 0.15) is 18.1 Å². The van der Waals surface area contributed by atoms with Gasteiger partial charge in [0, 0.05) is 17.5 Å². The summed E-state index contributed by atoms with van der Waals surface area (Å²) >= 11 is 0. The molecule has 1 aromatic rings. The fraction of sp³-hybridized carbons (Fsp3) is 0.657. The van der Waals surface area contributed by atoms with Crippen molar-refractivity contribution < 1.29 is 24.2 Å². The number of unbranched alkanes of at least 4 members (excludes halogenated alkanes) is 12. The Morgan fingerprint density at radius 2 is 1.43 bits per heavy atom.